The fourth-order valence-electron chi connectivity index (χ4n) is 2.52. The third-order valence-electron chi connectivity index (χ3n) is 3.45. The van der Waals surface area contributed by atoms with Gasteiger partial charge in [0.1, 0.15) is 6.54 Å². The Kier molecular flexibility index (Phi) is 5.50. The van der Waals surface area contributed by atoms with E-state index in [1.54, 1.807) is 0 Å². The average molecular weight is 286 g/mol. The Hall–Kier alpha value is -0.930. The molecule has 0 bridgehead atoms. The number of rotatable bonds is 4. The molecule has 0 unspecified atom stereocenters. The number of ether oxygens (including phenoxy) is 2. The smallest absolute Gasteiger partial charge is 0.161 e. The number of quaternary nitrogens is 1. The van der Waals surface area contributed by atoms with Crippen LogP contribution in [0.5, 0.6) is 11.5 Å². The van der Waals surface area contributed by atoms with E-state index in [-0.39, 0.29) is 12.4 Å². The van der Waals surface area contributed by atoms with Crippen molar-refractivity contribution >= 4 is 0 Å². The molecule has 0 saturated heterocycles. The molecule has 1 aromatic carbocycles. The number of likely N-dealkylation sites (N-methyl/N-ethyl adjacent to an activating group) is 1. The normalized spacial score (nSPS) is 16.2. The molecule has 1 aliphatic heterocycles. The maximum atomic E-state index is 5.69. The lowest BCUT2D eigenvalue weighted by Crippen LogP contribution is -3.00. The lowest BCUT2D eigenvalue weighted by atomic mass is 9.98. The minimum atomic E-state index is 0. The predicted molar refractivity (Wildman–Crippen MR) is 73.2 cm³/mol. The fourth-order valence-corrected chi connectivity index (χ4v) is 2.52. The van der Waals surface area contributed by atoms with Gasteiger partial charge in [0.05, 0.1) is 33.9 Å². The van der Waals surface area contributed by atoms with E-state index in [1.807, 2.05) is 13.8 Å². The molecule has 0 aliphatic carbocycles. The van der Waals surface area contributed by atoms with Gasteiger partial charge in [0, 0.05) is 12.0 Å². The van der Waals surface area contributed by atoms with Crippen molar-refractivity contribution in [1.29, 1.82) is 0 Å². The van der Waals surface area contributed by atoms with Gasteiger partial charge < -0.3 is 26.4 Å². The van der Waals surface area contributed by atoms with Gasteiger partial charge in [0.2, 0.25) is 0 Å². The van der Waals surface area contributed by atoms with Crippen LogP contribution in [-0.4, -0.2) is 38.3 Å². The van der Waals surface area contributed by atoms with Crippen molar-refractivity contribution in [2.75, 3.05) is 33.9 Å². The van der Waals surface area contributed by atoms with E-state index in [0.717, 1.165) is 28.9 Å². The lowest BCUT2D eigenvalue weighted by molar-refractivity contribution is -0.905. The molecular weight excluding hydrogens is 262 g/mol. The molecule has 0 atom stereocenters. The molecule has 3 nitrogen and oxygen atoms in total. The maximum Gasteiger partial charge on any atom is 0.161 e. The highest BCUT2D eigenvalue weighted by atomic mass is 35.5. The Bertz CT molecular complexity index is 432. The predicted octanol–water partition coefficient (Wildman–Crippen LogP) is -0.379. The van der Waals surface area contributed by atoms with Crippen LogP contribution >= 0.6 is 0 Å². The van der Waals surface area contributed by atoms with Crippen LogP contribution in [-0.2, 0) is 13.0 Å². The van der Waals surface area contributed by atoms with E-state index in [2.05, 4.69) is 26.2 Å². The Morgan fingerprint density at radius 3 is 2.05 bits per heavy atom. The topological polar surface area (TPSA) is 18.5 Å². The highest BCUT2D eigenvalue weighted by Crippen LogP contribution is 2.34. The van der Waals surface area contributed by atoms with Gasteiger partial charge in [-0.2, -0.15) is 0 Å². The minimum absolute atomic E-state index is 0. The van der Waals surface area contributed by atoms with Gasteiger partial charge in [0.15, 0.2) is 11.5 Å². The van der Waals surface area contributed by atoms with E-state index in [9.17, 15) is 0 Å². The zero-order chi connectivity index (χ0) is 13.2. The summed E-state index contributed by atoms with van der Waals surface area (Å²) in [5.41, 5.74) is 2.82. The standard InChI is InChI=1S/C15H24NO2.ClH/c1-5-17-14-9-12-7-8-16(3,4)11-13(12)10-15(14)18-6-2;/h9-10H,5-8,11H2,1-4H3;1H/q+1;/p-1. The van der Waals surface area contributed by atoms with Crippen molar-refractivity contribution in [3.63, 3.8) is 0 Å². The molecule has 19 heavy (non-hydrogen) atoms. The van der Waals surface area contributed by atoms with E-state index in [0.29, 0.717) is 13.2 Å². The second-order valence-corrected chi connectivity index (χ2v) is 5.50. The minimum Gasteiger partial charge on any atom is -1.00 e. The first kappa shape index (κ1) is 16.1. The van der Waals surface area contributed by atoms with Crippen LogP contribution in [0.2, 0.25) is 0 Å². The zero-order valence-electron chi connectivity index (χ0n) is 12.3. The van der Waals surface area contributed by atoms with Gasteiger partial charge in [0.25, 0.3) is 0 Å². The summed E-state index contributed by atoms with van der Waals surface area (Å²) in [7, 11) is 4.56. The Labute approximate surface area is 122 Å². The van der Waals surface area contributed by atoms with Crippen LogP contribution in [0.4, 0.5) is 0 Å². The summed E-state index contributed by atoms with van der Waals surface area (Å²) < 4.78 is 12.4. The molecule has 0 saturated carbocycles. The van der Waals surface area contributed by atoms with Gasteiger partial charge in [-0.25, -0.2) is 0 Å². The van der Waals surface area contributed by atoms with Gasteiger partial charge in [-0.3, -0.25) is 0 Å². The highest BCUT2D eigenvalue weighted by molar-refractivity contribution is 5.48. The number of fused-ring (bicyclic) bond motifs is 1. The van der Waals surface area contributed by atoms with Crippen LogP contribution < -0.4 is 21.9 Å². The molecule has 1 heterocycles. The molecule has 2 rings (SSSR count). The monoisotopic (exact) mass is 285 g/mol. The molecule has 1 aliphatic rings. The van der Waals surface area contributed by atoms with Crippen molar-refractivity contribution in [3.8, 4) is 11.5 Å². The molecule has 0 fully saturated rings. The van der Waals surface area contributed by atoms with Crippen molar-refractivity contribution in [1.82, 2.24) is 0 Å². The number of nitrogens with zero attached hydrogens (tertiary/aromatic N) is 1. The quantitative estimate of drug-likeness (QED) is 0.703. The fraction of sp³-hybridized carbons (Fsp3) is 0.600. The first-order valence-corrected chi connectivity index (χ1v) is 6.79. The van der Waals surface area contributed by atoms with Gasteiger partial charge in [-0.05, 0) is 31.5 Å². The van der Waals surface area contributed by atoms with Crippen molar-refractivity contribution in [2.24, 2.45) is 0 Å². The average Bonchev–Trinajstić information content (AvgIpc) is 2.30. The van der Waals surface area contributed by atoms with Crippen molar-refractivity contribution < 1.29 is 26.4 Å². The number of hydrogen-bond donors (Lipinski definition) is 0. The molecule has 0 aromatic heterocycles. The summed E-state index contributed by atoms with van der Waals surface area (Å²) in [6.45, 7) is 7.64. The van der Waals surface area contributed by atoms with Crippen LogP contribution in [0.3, 0.4) is 0 Å². The summed E-state index contributed by atoms with van der Waals surface area (Å²) in [4.78, 5) is 0. The first-order chi connectivity index (χ1) is 8.55. The summed E-state index contributed by atoms with van der Waals surface area (Å²) in [6.07, 6.45) is 1.12. The van der Waals surface area contributed by atoms with Crippen molar-refractivity contribution in [3.05, 3.63) is 23.3 Å². The van der Waals surface area contributed by atoms with Crippen LogP contribution in [0.25, 0.3) is 0 Å². The van der Waals surface area contributed by atoms with E-state index in [4.69, 9.17) is 9.47 Å². The SMILES string of the molecule is CCOc1cc2c(cc1OCC)C[N+](C)(C)CC2.[Cl-]. The largest absolute Gasteiger partial charge is 1.00 e. The van der Waals surface area contributed by atoms with Gasteiger partial charge in [-0.15, -0.1) is 0 Å². The zero-order valence-corrected chi connectivity index (χ0v) is 13.1. The molecule has 1 aromatic rings. The van der Waals surface area contributed by atoms with E-state index >= 15 is 0 Å². The summed E-state index contributed by atoms with van der Waals surface area (Å²) in [6, 6.07) is 4.34. The molecular formula is C15H24ClNO2. The third kappa shape index (κ3) is 3.77. The number of hydrogen-bond acceptors (Lipinski definition) is 2. The first-order valence-electron chi connectivity index (χ1n) is 6.79. The maximum absolute atomic E-state index is 5.69. The van der Waals surface area contributed by atoms with Crippen LogP contribution in [0, 0.1) is 0 Å². The Balaban J connectivity index is 0.00000180. The Morgan fingerprint density at radius 2 is 1.53 bits per heavy atom. The molecule has 0 spiro atoms. The van der Waals surface area contributed by atoms with Gasteiger partial charge in [-0.1, -0.05) is 0 Å². The molecule has 108 valence electrons. The third-order valence-corrected chi connectivity index (χ3v) is 3.45. The lowest BCUT2D eigenvalue weighted by Gasteiger charge is -2.35. The highest BCUT2D eigenvalue weighted by Gasteiger charge is 2.25. The van der Waals surface area contributed by atoms with Crippen molar-refractivity contribution in [2.45, 2.75) is 26.8 Å². The molecule has 0 N–H and O–H groups in total. The molecule has 4 heteroatoms. The molecule has 0 radical (unpaired) electrons. The molecule has 0 amide bonds. The summed E-state index contributed by atoms with van der Waals surface area (Å²) in [5, 5.41) is 0. The second-order valence-electron chi connectivity index (χ2n) is 5.50. The second kappa shape index (κ2) is 6.49. The van der Waals surface area contributed by atoms with Crippen LogP contribution in [0.1, 0.15) is 25.0 Å². The number of benzene rings is 1. The van der Waals surface area contributed by atoms with E-state index < -0.39 is 0 Å². The summed E-state index contributed by atoms with van der Waals surface area (Å²) >= 11 is 0. The van der Waals surface area contributed by atoms with Crippen LogP contribution in [0.15, 0.2) is 12.1 Å². The Morgan fingerprint density at radius 1 is 1.00 bits per heavy atom. The van der Waals surface area contributed by atoms with E-state index in [1.165, 1.54) is 17.7 Å². The number of halogens is 1. The van der Waals surface area contributed by atoms with Gasteiger partial charge >= 0.3 is 0 Å². The summed E-state index contributed by atoms with van der Waals surface area (Å²) in [5.74, 6) is 1.78.